The van der Waals surface area contributed by atoms with Crippen molar-refractivity contribution < 1.29 is 4.79 Å². The summed E-state index contributed by atoms with van der Waals surface area (Å²) in [6.45, 7) is 5.00. The predicted octanol–water partition coefficient (Wildman–Crippen LogP) is 2.96. The molecule has 0 aliphatic rings. The molecule has 1 amide bonds. The van der Waals surface area contributed by atoms with Gasteiger partial charge in [0, 0.05) is 12.6 Å². The van der Waals surface area contributed by atoms with Gasteiger partial charge in [-0.05, 0) is 25.0 Å². The number of hydrogen-bond donors (Lipinski definition) is 2. The lowest BCUT2D eigenvalue weighted by Gasteiger charge is -2.14. The Morgan fingerprint density at radius 2 is 1.71 bits per heavy atom. The first kappa shape index (κ1) is 15.3. The summed E-state index contributed by atoms with van der Waals surface area (Å²) in [6, 6.07) is 18.5. The Labute approximate surface area is 126 Å². The second-order valence-corrected chi connectivity index (χ2v) is 5.28. The average Bonchev–Trinajstić information content (AvgIpc) is 2.53. The Kier molecular flexibility index (Phi) is 5.52. The van der Waals surface area contributed by atoms with Crippen LogP contribution in [0.15, 0.2) is 54.6 Å². The number of amides is 1. The minimum absolute atomic E-state index is 0.0124. The van der Waals surface area contributed by atoms with E-state index in [9.17, 15) is 4.79 Å². The summed E-state index contributed by atoms with van der Waals surface area (Å²) < 4.78 is 0. The van der Waals surface area contributed by atoms with Crippen LogP contribution in [0.5, 0.6) is 0 Å². The van der Waals surface area contributed by atoms with Gasteiger partial charge in [0.15, 0.2) is 0 Å². The van der Waals surface area contributed by atoms with Gasteiger partial charge in [-0.15, -0.1) is 0 Å². The number of aryl methyl sites for hydroxylation is 1. The molecule has 0 heterocycles. The zero-order valence-electron chi connectivity index (χ0n) is 12.6. The highest BCUT2D eigenvalue weighted by Crippen LogP contribution is 2.10. The second-order valence-electron chi connectivity index (χ2n) is 5.28. The van der Waals surface area contributed by atoms with E-state index in [-0.39, 0.29) is 11.9 Å². The van der Waals surface area contributed by atoms with Gasteiger partial charge in [0.2, 0.25) is 5.91 Å². The van der Waals surface area contributed by atoms with Crippen LogP contribution in [0.4, 0.5) is 0 Å². The van der Waals surface area contributed by atoms with E-state index in [1.54, 1.807) is 0 Å². The van der Waals surface area contributed by atoms with E-state index in [4.69, 9.17) is 0 Å². The van der Waals surface area contributed by atoms with E-state index in [1.807, 2.05) is 30.3 Å². The van der Waals surface area contributed by atoms with E-state index >= 15 is 0 Å². The summed E-state index contributed by atoms with van der Waals surface area (Å²) in [4.78, 5) is 11.8. The fourth-order valence-electron chi connectivity index (χ4n) is 2.07. The van der Waals surface area contributed by atoms with Crippen LogP contribution in [0.1, 0.15) is 29.7 Å². The third kappa shape index (κ3) is 5.04. The van der Waals surface area contributed by atoms with Crippen LogP contribution in [0.2, 0.25) is 0 Å². The molecule has 0 spiro atoms. The lowest BCUT2D eigenvalue weighted by molar-refractivity contribution is -0.120. The van der Waals surface area contributed by atoms with Gasteiger partial charge >= 0.3 is 0 Å². The monoisotopic (exact) mass is 282 g/mol. The average molecular weight is 282 g/mol. The predicted molar refractivity (Wildman–Crippen MR) is 85.9 cm³/mol. The van der Waals surface area contributed by atoms with Gasteiger partial charge in [-0.3, -0.25) is 4.79 Å². The SMILES string of the molecule is Cc1ccc(CNC(=O)CNC(C)c2ccccc2)cc1. The summed E-state index contributed by atoms with van der Waals surface area (Å²) in [5, 5.41) is 6.16. The summed E-state index contributed by atoms with van der Waals surface area (Å²) in [5.74, 6) is 0.0124. The van der Waals surface area contributed by atoms with Gasteiger partial charge in [-0.1, -0.05) is 60.2 Å². The third-order valence-electron chi connectivity index (χ3n) is 3.48. The van der Waals surface area contributed by atoms with Crippen LogP contribution in [0.25, 0.3) is 0 Å². The first-order valence-electron chi connectivity index (χ1n) is 7.26. The maximum atomic E-state index is 11.8. The molecule has 110 valence electrons. The summed E-state index contributed by atoms with van der Waals surface area (Å²) in [6.07, 6.45) is 0. The number of carbonyl (C=O) groups is 1. The molecule has 0 saturated heterocycles. The van der Waals surface area contributed by atoms with Crippen LogP contribution in [-0.4, -0.2) is 12.5 Å². The van der Waals surface area contributed by atoms with Crippen molar-refractivity contribution >= 4 is 5.91 Å². The molecule has 0 aliphatic carbocycles. The standard InChI is InChI=1S/C18H22N2O/c1-14-8-10-16(11-9-14)12-20-18(21)13-19-15(2)17-6-4-3-5-7-17/h3-11,15,19H,12-13H2,1-2H3,(H,20,21). The van der Waals surface area contributed by atoms with Crippen LogP contribution >= 0.6 is 0 Å². The molecule has 0 saturated carbocycles. The van der Waals surface area contributed by atoms with E-state index in [0.717, 1.165) is 5.56 Å². The number of carbonyl (C=O) groups excluding carboxylic acids is 1. The molecule has 0 fully saturated rings. The van der Waals surface area contributed by atoms with Crippen molar-refractivity contribution in [1.29, 1.82) is 0 Å². The van der Waals surface area contributed by atoms with Crippen molar-refractivity contribution in [2.75, 3.05) is 6.54 Å². The molecular formula is C18H22N2O. The Hall–Kier alpha value is -2.13. The molecule has 0 bridgehead atoms. The Bertz CT molecular complexity index is 564. The summed E-state index contributed by atoms with van der Waals surface area (Å²) in [7, 11) is 0. The van der Waals surface area contributed by atoms with Gasteiger partial charge in [0.25, 0.3) is 0 Å². The van der Waals surface area contributed by atoms with Crippen LogP contribution in [0, 0.1) is 6.92 Å². The highest BCUT2D eigenvalue weighted by Gasteiger charge is 2.06. The van der Waals surface area contributed by atoms with Gasteiger partial charge in [0.1, 0.15) is 0 Å². The van der Waals surface area contributed by atoms with Gasteiger partial charge in [-0.2, -0.15) is 0 Å². The number of benzene rings is 2. The van der Waals surface area contributed by atoms with Crippen molar-refractivity contribution in [2.24, 2.45) is 0 Å². The number of hydrogen-bond acceptors (Lipinski definition) is 2. The van der Waals surface area contributed by atoms with Gasteiger partial charge in [-0.25, -0.2) is 0 Å². The fraction of sp³-hybridized carbons (Fsp3) is 0.278. The molecule has 3 heteroatoms. The molecule has 2 N–H and O–H groups in total. The van der Waals surface area contributed by atoms with Crippen molar-refractivity contribution in [3.63, 3.8) is 0 Å². The molecule has 2 aromatic rings. The minimum Gasteiger partial charge on any atom is -0.351 e. The summed E-state index contributed by atoms with van der Waals surface area (Å²) >= 11 is 0. The maximum Gasteiger partial charge on any atom is 0.234 e. The van der Waals surface area contributed by atoms with Crippen LogP contribution < -0.4 is 10.6 Å². The molecule has 21 heavy (non-hydrogen) atoms. The largest absolute Gasteiger partial charge is 0.351 e. The molecule has 0 radical (unpaired) electrons. The second kappa shape index (κ2) is 7.60. The van der Waals surface area contributed by atoms with Crippen LogP contribution in [-0.2, 0) is 11.3 Å². The molecular weight excluding hydrogens is 260 g/mol. The van der Waals surface area contributed by atoms with E-state index < -0.39 is 0 Å². The molecule has 0 aliphatic heterocycles. The van der Waals surface area contributed by atoms with E-state index in [1.165, 1.54) is 11.1 Å². The molecule has 2 rings (SSSR count). The van der Waals surface area contributed by atoms with E-state index in [0.29, 0.717) is 13.1 Å². The lowest BCUT2D eigenvalue weighted by atomic mass is 10.1. The normalized spacial score (nSPS) is 11.9. The Morgan fingerprint density at radius 1 is 1.05 bits per heavy atom. The van der Waals surface area contributed by atoms with Gasteiger partial charge < -0.3 is 10.6 Å². The Balaban J connectivity index is 1.73. The maximum absolute atomic E-state index is 11.8. The van der Waals surface area contributed by atoms with Crippen molar-refractivity contribution in [3.8, 4) is 0 Å². The molecule has 0 aromatic heterocycles. The number of nitrogens with one attached hydrogen (secondary N) is 2. The highest BCUT2D eigenvalue weighted by atomic mass is 16.1. The molecule has 1 unspecified atom stereocenters. The van der Waals surface area contributed by atoms with Crippen LogP contribution in [0.3, 0.4) is 0 Å². The minimum atomic E-state index is 0.0124. The Morgan fingerprint density at radius 3 is 2.38 bits per heavy atom. The van der Waals surface area contributed by atoms with E-state index in [2.05, 4.69) is 48.7 Å². The molecule has 1 atom stereocenters. The topological polar surface area (TPSA) is 41.1 Å². The highest BCUT2D eigenvalue weighted by molar-refractivity contribution is 5.78. The number of rotatable bonds is 6. The van der Waals surface area contributed by atoms with Crippen molar-refractivity contribution in [2.45, 2.75) is 26.4 Å². The van der Waals surface area contributed by atoms with Gasteiger partial charge in [0.05, 0.1) is 6.54 Å². The molecule has 3 nitrogen and oxygen atoms in total. The first-order chi connectivity index (χ1) is 10.1. The van der Waals surface area contributed by atoms with Crippen molar-refractivity contribution in [3.05, 3.63) is 71.3 Å². The quantitative estimate of drug-likeness (QED) is 0.855. The zero-order valence-corrected chi connectivity index (χ0v) is 12.6. The zero-order chi connectivity index (χ0) is 15.1. The fourth-order valence-corrected chi connectivity index (χ4v) is 2.07. The third-order valence-corrected chi connectivity index (χ3v) is 3.48. The molecule has 2 aromatic carbocycles. The smallest absolute Gasteiger partial charge is 0.234 e. The first-order valence-corrected chi connectivity index (χ1v) is 7.26. The summed E-state index contributed by atoms with van der Waals surface area (Å²) in [5.41, 5.74) is 3.53. The van der Waals surface area contributed by atoms with Crippen molar-refractivity contribution in [1.82, 2.24) is 10.6 Å². The lowest BCUT2D eigenvalue weighted by Crippen LogP contribution is -2.34.